The Kier molecular flexibility index (Phi) is 8.74. The zero-order valence-corrected chi connectivity index (χ0v) is 21.0. The van der Waals surface area contributed by atoms with Crippen LogP contribution in [0.25, 0.3) is 12.2 Å². The minimum atomic E-state index is -0.537. The van der Waals surface area contributed by atoms with Crippen LogP contribution in [-0.2, 0) is 21.6 Å². The maximum atomic E-state index is 12.3. The zero-order chi connectivity index (χ0) is 27.0. The van der Waals surface area contributed by atoms with Gasteiger partial charge in [-0.2, -0.15) is 0 Å². The number of allylic oxidation sites excluding steroid dienone is 2. The predicted octanol–water partition coefficient (Wildman–Crippen LogP) is 6.43. The number of hydrogen-bond donors (Lipinski definition) is 1. The van der Waals surface area contributed by atoms with Crippen LogP contribution in [0.3, 0.4) is 0 Å². The first-order valence-corrected chi connectivity index (χ1v) is 11.7. The molecule has 0 radical (unpaired) electrons. The van der Waals surface area contributed by atoms with Gasteiger partial charge in [-0.25, -0.2) is 0 Å². The molecule has 0 spiro atoms. The van der Waals surface area contributed by atoms with Crippen LogP contribution in [0.2, 0.25) is 0 Å². The van der Waals surface area contributed by atoms with Crippen molar-refractivity contribution in [1.82, 2.24) is 0 Å². The van der Waals surface area contributed by atoms with Gasteiger partial charge in [0.2, 0.25) is 0 Å². The lowest BCUT2D eigenvalue weighted by Crippen LogP contribution is -2.10. The van der Waals surface area contributed by atoms with E-state index in [1.54, 1.807) is 18.2 Å². The monoisotopic (exact) mass is 499 g/mol. The Hall–Kier alpha value is -4.52. The number of benzene rings is 3. The second-order valence-corrected chi connectivity index (χ2v) is 9.58. The van der Waals surface area contributed by atoms with E-state index < -0.39 is 16.5 Å². The summed E-state index contributed by atoms with van der Waals surface area (Å²) in [6.45, 7) is 6.70. The van der Waals surface area contributed by atoms with Gasteiger partial charge in [-0.05, 0) is 64.6 Å². The minimum absolute atomic E-state index is 0.0457. The van der Waals surface area contributed by atoms with E-state index in [-0.39, 0.29) is 35.4 Å². The van der Waals surface area contributed by atoms with Crippen molar-refractivity contribution in [3.05, 3.63) is 111 Å². The molecular weight excluding hydrogens is 470 g/mol. The normalized spacial score (nSPS) is 11.6. The van der Waals surface area contributed by atoms with Gasteiger partial charge in [-0.15, -0.1) is 0 Å². The van der Waals surface area contributed by atoms with Gasteiger partial charge in [0.05, 0.1) is 16.9 Å². The number of carbonyl (C=O) groups excluding carboxylic acids is 2. The number of rotatable bonds is 10. The van der Waals surface area contributed by atoms with Crippen molar-refractivity contribution < 1.29 is 24.4 Å². The molecule has 0 saturated carbocycles. The average molecular weight is 500 g/mol. The number of hydrogen-bond acceptors (Lipinski definition) is 6. The van der Waals surface area contributed by atoms with Crippen molar-refractivity contribution in [2.75, 3.05) is 0 Å². The average Bonchev–Trinajstić information content (AvgIpc) is 2.85. The number of phenols is 1. The minimum Gasteiger partial charge on any atom is -0.508 e. The summed E-state index contributed by atoms with van der Waals surface area (Å²) in [7, 11) is 0. The lowest BCUT2D eigenvalue weighted by Gasteiger charge is -2.19. The summed E-state index contributed by atoms with van der Waals surface area (Å²) in [4.78, 5) is 35.3. The van der Waals surface area contributed by atoms with Gasteiger partial charge in [0.1, 0.15) is 18.1 Å². The van der Waals surface area contributed by atoms with Gasteiger partial charge < -0.3 is 9.84 Å². The summed E-state index contributed by atoms with van der Waals surface area (Å²) in [5.74, 6) is -0.362. The third kappa shape index (κ3) is 8.28. The molecule has 0 saturated heterocycles. The van der Waals surface area contributed by atoms with E-state index in [0.29, 0.717) is 11.3 Å². The van der Waals surface area contributed by atoms with E-state index in [1.165, 1.54) is 48.0 Å². The molecular formula is C30H29NO6. The molecule has 0 aliphatic carbocycles. The van der Waals surface area contributed by atoms with Crippen LogP contribution in [0, 0.1) is 10.1 Å². The van der Waals surface area contributed by atoms with Crippen LogP contribution in [0.15, 0.2) is 78.9 Å². The van der Waals surface area contributed by atoms with Crippen molar-refractivity contribution in [2.45, 2.75) is 39.2 Å². The molecule has 3 aromatic carbocycles. The van der Waals surface area contributed by atoms with Crippen molar-refractivity contribution in [3.8, 4) is 11.5 Å². The van der Waals surface area contributed by atoms with Crippen molar-refractivity contribution in [3.63, 3.8) is 0 Å². The van der Waals surface area contributed by atoms with Crippen LogP contribution in [0.5, 0.6) is 11.5 Å². The first-order valence-electron chi connectivity index (χ1n) is 11.7. The topological polar surface area (TPSA) is 107 Å². The Balaban J connectivity index is 1.64. The fourth-order valence-corrected chi connectivity index (χ4v) is 3.44. The highest BCUT2D eigenvalue weighted by Gasteiger charge is 2.15. The molecule has 0 heterocycles. The maximum Gasteiger partial charge on any atom is 0.276 e. The molecule has 0 aliphatic heterocycles. The molecule has 3 aromatic rings. The summed E-state index contributed by atoms with van der Waals surface area (Å²) in [6.07, 6.45) is 4.93. The lowest BCUT2D eigenvalue weighted by atomic mass is 9.87. The molecule has 7 nitrogen and oxygen atoms in total. The number of nitro groups is 1. The molecule has 3 rings (SSSR count). The fourth-order valence-electron chi connectivity index (χ4n) is 3.44. The lowest BCUT2D eigenvalue weighted by molar-refractivity contribution is -0.385. The first kappa shape index (κ1) is 27.1. The molecule has 1 N–H and O–H groups in total. The molecule has 0 amide bonds. The quantitative estimate of drug-likeness (QED) is 0.149. The number of ether oxygens (including phenoxy) is 1. The summed E-state index contributed by atoms with van der Waals surface area (Å²) in [5.41, 5.74) is 2.93. The Morgan fingerprint density at radius 1 is 0.919 bits per heavy atom. The highest BCUT2D eigenvalue weighted by molar-refractivity contribution is 6.11. The Morgan fingerprint density at radius 3 is 2.14 bits per heavy atom. The molecule has 7 heteroatoms. The van der Waals surface area contributed by atoms with Crippen LogP contribution in [0.1, 0.15) is 49.4 Å². The number of nitro benzene ring substituents is 1. The van der Waals surface area contributed by atoms with E-state index in [2.05, 4.69) is 32.9 Å². The van der Waals surface area contributed by atoms with Crippen molar-refractivity contribution >= 4 is 29.4 Å². The standard InChI is InChI=1S/C30H29NO6/c1-30(2,3)24-10-4-22(5-11-24)20-37-28-16-17-29(31(35)36)23(18-28)9-15-27(34)19-26(33)14-8-21-6-12-25(32)13-7-21/h4-18,32H,19-20H2,1-3H3/b14-8+,15-9+. The zero-order valence-electron chi connectivity index (χ0n) is 21.0. The summed E-state index contributed by atoms with van der Waals surface area (Å²) in [6, 6.07) is 18.7. The van der Waals surface area contributed by atoms with Crippen LogP contribution >= 0.6 is 0 Å². The molecule has 0 aliphatic rings. The fraction of sp³-hybridized carbons (Fsp3) is 0.200. The van der Waals surface area contributed by atoms with Gasteiger partial charge in [-0.1, -0.05) is 63.2 Å². The van der Waals surface area contributed by atoms with Crippen molar-refractivity contribution in [2.24, 2.45) is 0 Å². The highest BCUT2D eigenvalue weighted by atomic mass is 16.6. The SMILES string of the molecule is CC(C)(C)c1ccc(COc2ccc([N+](=O)[O-])c(/C=C/C(=O)CC(=O)/C=C/c3ccc(O)cc3)c2)cc1. The maximum absolute atomic E-state index is 12.3. The Bertz CT molecular complexity index is 1330. The molecule has 0 atom stereocenters. The van der Waals surface area contributed by atoms with E-state index in [0.717, 1.165) is 11.6 Å². The third-order valence-corrected chi connectivity index (χ3v) is 5.57. The Labute approximate surface area is 215 Å². The number of phenolic OH excluding ortho intramolecular Hbond substituents is 1. The second kappa shape index (κ2) is 11.9. The highest BCUT2D eigenvalue weighted by Crippen LogP contribution is 2.27. The van der Waals surface area contributed by atoms with Gasteiger partial charge in [-0.3, -0.25) is 19.7 Å². The van der Waals surface area contributed by atoms with Gasteiger partial charge in [0, 0.05) is 6.07 Å². The van der Waals surface area contributed by atoms with Gasteiger partial charge >= 0.3 is 0 Å². The first-order chi connectivity index (χ1) is 17.5. The number of nitrogens with zero attached hydrogens (tertiary/aromatic N) is 1. The molecule has 190 valence electrons. The van der Waals surface area contributed by atoms with E-state index in [4.69, 9.17) is 4.74 Å². The number of ketones is 2. The smallest absolute Gasteiger partial charge is 0.276 e. The van der Waals surface area contributed by atoms with Crippen molar-refractivity contribution in [1.29, 1.82) is 0 Å². The second-order valence-electron chi connectivity index (χ2n) is 9.58. The molecule has 0 bridgehead atoms. The van der Waals surface area contributed by atoms with Crippen LogP contribution in [0.4, 0.5) is 5.69 Å². The Morgan fingerprint density at radius 2 is 1.54 bits per heavy atom. The number of carbonyl (C=O) groups is 2. The van der Waals surface area contributed by atoms with Gasteiger partial charge in [0.15, 0.2) is 11.6 Å². The predicted molar refractivity (Wildman–Crippen MR) is 143 cm³/mol. The largest absolute Gasteiger partial charge is 0.508 e. The molecule has 37 heavy (non-hydrogen) atoms. The number of aromatic hydroxyl groups is 1. The molecule has 0 unspecified atom stereocenters. The van der Waals surface area contributed by atoms with E-state index in [1.807, 2.05) is 12.1 Å². The summed E-state index contributed by atoms with van der Waals surface area (Å²) < 4.78 is 5.83. The van der Waals surface area contributed by atoms with Crippen LogP contribution < -0.4 is 4.74 Å². The van der Waals surface area contributed by atoms with Gasteiger partial charge in [0.25, 0.3) is 5.69 Å². The van der Waals surface area contributed by atoms with E-state index >= 15 is 0 Å². The summed E-state index contributed by atoms with van der Waals surface area (Å²) in [5, 5.41) is 20.8. The molecule has 0 fully saturated rings. The summed E-state index contributed by atoms with van der Waals surface area (Å²) >= 11 is 0. The third-order valence-electron chi connectivity index (χ3n) is 5.57. The molecule has 0 aromatic heterocycles. The van der Waals surface area contributed by atoms with E-state index in [9.17, 15) is 24.8 Å². The van der Waals surface area contributed by atoms with Crippen LogP contribution in [-0.4, -0.2) is 21.6 Å².